The molecule has 30 heavy (non-hydrogen) atoms. The largest absolute Gasteiger partial charge is 0.508 e. The van der Waals surface area contributed by atoms with Gasteiger partial charge in [0.1, 0.15) is 17.3 Å². The minimum Gasteiger partial charge on any atom is -0.508 e. The van der Waals surface area contributed by atoms with E-state index in [1.54, 1.807) is 6.07 Å². The zero-order chi connectivity index (χ0) is 21.3. The number of nitrogens with one attached hydrogen (secondary N) is 1. The molecule has 3 aromatic rings. The zero-order valence-corrected chi connectivity index (χ0v) is 17.8. The topological polar surface area (TPSA) is 86.4 Å². The van der Waals surface area contributed by atoms with Gasteiger partial charge >= 0.3 is 0 Å². The molecule has 0 bridgehead atoms. The van der Waals surface area contributed by atoms with Crippen LogP contribution in [0.1, 0.15) is 36.7 Å². The summed E-state index contributed by atoms with van der Waals surface area (Å²) in [6.07, 6.45) is 0. The molecule has 1 saturated heterocycles. The molecule has 4 rings (SSSR count). The molecule has 1 fully saturated rings. The van der Waals surface area contributed by atoms with Gasteiger partial charge in [-0.3, -0.25) is 9.47 Å². The molecular formula is C23H29N5O2. The highest BCUT2D eigenvalue weighted by Crippen LogP contribution is 2.38. The Morgan fingerprint density at radius 2 is 1.70 bits per heavy atom. The predicted octanol–water partition coefficient (Wildman–Crippen LogP) is 3.18. The van der Waals surface area contributed by atoms with Crippen molar-refractivity contribution >= 4 is 0 Å². The lowest BCUT2D eigenvalue weighted by Crippen LogP contribution is -2.42. The summed E-state index contributed by atoms with van der Waals surface area (Å²) >= 11 is 0. The number of aromatic nitrogens is 3. The summed E-state index contributed by atoms with van der Waals surface area (Å²) in [7, 11) is 0. The Labute approximate surface area is 177 Å². The Kier molecular flexibility index (Phi) is 5.74. The molecule has 2 heterocycles. The maximum absolute atomic E-state index is 10.5. The molecule has 2 aromatic carbocycles. The highest BCUT2D eigenvalue weighted by molar-refractivity contribution is 5.69. The van der Waals surface area contributed by atoms with Crippen LogP contribution >= 0.6 is 0 Å². The van der Waals surface area contributed by atoms with Gasteiger partial charge in [0.2, 0.25) is 0 Å². The molecule has 0 spiro atoms. The molecule has 0 atom stereocenters. The van der Waals surface area contributed by atoms with Gasteiger partial charge in [0.25, 0.3) is 0 Å². The summed E-state index contributed by atoms with van der Waals surface area (Å²) in [6, 6.07) is 11.6. The van der Waals surface area contributed by atoms with Crippen LogP contribution in [0.3, 0.4) is 0 Å². The smallest absolute Gasteiger partial charge is 0.172 e. The van der Waals surface area contributed by atoms with Crippen molar-refractivity contribution < 1.29 is 10.2 Å². The molecule has 7 nitrogen and oxygen atoms in total. The molecule has 3 N–H and O–H groups in total. The number of aromatic hydroxyl groups is 2. The van der Waals surface area contributed by atoms with Crippen LogP contribution in [0.2, 0.25) is 0 Å². The lowest BCUT2D eigenvalue weighted by molar-refractivity contribution is 0.233. The van der Waals surface area contributed by atoms with Crippen LogP contribution in [-0.2, 0) is 6.54 Å². The Balaban J connectivity index is 1.67. The van der Waals surface area contributed by atoms with Crippen molar-refractivity contribution in [3.63, 3.8) is 0 Å². The van der Waals surface area contributed by atoms with Crippen molar-refractivity contribution in [3.05, 3.63) is 53.3 Å². The molecule has 1 aromatic heterocycles. The van der Waals surface area contributed by atoms with Crippen molar-refractivity contribution in [2.75, 3.05) is 26.2 Å². The zero-order valence-electron chi connectivity index (χ0n) is 17.8. The molecule has 0 radical (unpaired) electrons. The first-order chi connectivity index (χ1) is 14.4. The fraction of sp³-hybridized carbons (Fsp3) is 0.391. The van der Waals surface area contributed by atoms with Gasteiger partial charge in [0.15, 0.2) is 5.82 Å². The highest BCUT2D eigenvalue weighted by Gasteiger charge is 2.20. The van der Waals surface area contributed by atoms with Gasteiger partial charge < -0.3 is 15.5 Å². The maximum Gasteiger partial charge on any atom is 0.172 e. The van der Waals surface area contributed by atoms with Crippen molar-refractivity contribution in [1.29, 1.82) is 0 Å². The first kappa shape index (κ1) is 20.4. The number of aryl methyl sites for hydroxylation is 1. The average molecular weight is 408 g/mol. The molecule has 0 amide bonds. The molecule has 158 valence electrons. The van der Waals surface area contributed by atoms with Gasteiger partial charge in [-0.2, -0.15) is 0 Å². The van der Waals surface area contributed by atoms with Crippen LogP contribution in [0.25, 0.3) is 17.1 Å². The lowest BCUT2D eigenvalue weighted by atomic mass is 9.98. The number of phenolic OH excluding ortho intramolecular Hbond substituents is 2. The number of rotatable bonds is 5. The number of nitrogens with zero attached hydrogens (tertiary/aromatic N) is 4. The van der Waals surface area contributed by atoms with Gasteiger partial charge in [-0.05, 0) is 42.2 Å². The number of hydrogen-bond donors (Lipinski definition) is 3. The minimum absolute atomic E-state index is 0.0131. The fourth-order valence-electron chi connectivity index (χ4n) is 3.96. The van der Waals surface area contributed by atoms with E-state index in [4.69, 9.17) is 0 Å². The van der Waals surface area contributed by atoms with E-state index < -0.39 is 0 Å². The first-order valence-corrected chi connectivity index (χ1v) is 10.4. The van der Waals surface area contributed by atoms with E-state index in [9.17, 15) is 10.2 Å². The summed E-state index contributed by atoms with van der Waals surface area (Å²) in [5.74, 6) is 1.48. The Morgan fingerprint density at radius 1 is 1.00 bits per heavy atom. The van der Waals surface area contributed by atoms with E-state index in [0.29, 0.717) is 11.4 Å². The van der Waals surface area contributed by atoms with Gasteiger partial charge in [0.05, 0.1) is 5.56 Å². The van der Waals surface area contributed by atoms with Crippen molar-refractivity contribution in [3.8, 4) is 28.6 Å². The molecule has 0 unspecified atom stereocenters. The molecule has 0 saturated carbocycles. The highest BCUT2D eigenvalue weighted by atomic mass is 16.3. The normalized spacial score (nSPS) is 15.1. The first-order valence-electron chi connectivity index (χ1n) is 10.4. The van der Waals surface area contributed by atoms with Crippen molar-refractivity contribution in [2.45, 2.75) is 33.2 Å². The van der Waals surface area contributed by atoms with Gasteiger partial charge in [-0.1, -0.05) is 26.0 Å². The minimum atomic E-state index is -0.0131. The van der Waals surface area contributed by atoms with E-state index in [0.717, 1.165) is 49.8 Å². The third-order valence-electron chi connectivity index (χ3n) is 5.64. The predicted molar refractivity (Wildman–Crippen MR) is 117 cm³/mol. The van der Waals surface area contributed by atoms with Crippen LogP contribution in [0.15, 0.2) is 36.4 Å². The summed E-state index contributed by atoms with van der Waals surface area (Å²) < 4.78 is 1.94. The Bertz CT molecular complexity index is 1020. The number of piperazine rings is 1. The molecule has 1 aliphatic heterocycles. The summed E-state index contributed by atoms with van der Waals surface area (Å²) in [4.78, 5) is 2.45. The quantitative estimate of drug-likeness (QED) is 0.602. The van der Waals surface area contributed by atoms with Gasteiger partial charge in [0, 0.05) is 44.5 Å². The molecular weight excluding hydrogens is 378 g/mol. The van der Waals surface area contributed by atoms with E-state index >= 15 is 0 Å². The summed E-state index contributed by atoms with van der Waals surface area (Å²) in [5, 5.41) is 32.6. The molecule has 0 aliphatic carbocycles. The van der Waals surface area contributed by atoms with Crippen LogP contribution in [0, 0.1) is 6.92 Å². The SMILES string of the molecule is Cc1nnc(-c2cc(C(C)C)c(O)cc2O)n1-c1ccc(CN2CCNCC2)cc1. The Hall–Kier alpha value is -2.90. The second-order valence-electron chi connectivity index (χ2n) is 8.18. The average Bonchev–Trinajstić information content (AvgIpc) is 3.10. The summed E-state index contributed by atoms with van der Waals surface area (Å²) in [5.41, 5.74) is 3.53. The van der Waals surface area contributed by atoms with E-state index in [-0.39, 0.29) is 17.4 Å². The standard InChI is InChI=1S/C23H29N5O2/c1-15(2)19-12-20(22(30)13-21(19)29)23-26-25-16(3)28(23)18-6-4-17(5-7-18)14-27-10-8-24-9-11-27/h4-7,12-13,15,24,29-30H,8-11,14H2,1-3H3. The van der Waals surface area contributed by atoms with Crippen LogP contribution in [0.5, 0.6) is 11.5 Å². The van der Waals surface area contributed by atoms with Crippen LogP contribution in [0.4, 0.5) is 0 Å². The second kappa shape index (κ2) is 8.45. The van der Waals surface area contributed by atoms with Crippen molar-refractivity contribution in [1.82, 2.24) is 25.0 Å². The summed E-state index contributed by atoms with van der Waals surface area (Å²) in [6.45, 7) is 11.0. The van der Waals surface area contributed by atoms with E-state index in [1.165, 1.54) is 11.6 Å². The van der Waals surface area contributed by atoms with E-state index in [2.05, 4.69) is 44.7 Å². The van der Waals surface area contributed by atoms with Crippen LogP contribution < -0.4 is 5.32 Å². The third-order valence-corrected chi connectivity index (χ3v) is 5.64. The molecule has 7 heteroatoms. The monoisotopic (exact) mass is 407 g/mol. The number of hydrogen-bond acceptors (Lipinski definition) is 6. The van der Waals surface area contributed by atoms with Crippen molar-refractivity contribution in [2.24, 2.45) is 0 Å². The third kappa shape index (κ3) is 4.04. The maximum atomic E-state index is 10.5. The Morgan fingerprint density at radius 3 is 2.37 bits per heavy atom. The van der Waals surface area contributed by atoms with E-state index in [1.807, 2.05) is 25.3 Å². The second-order valence-corrected chi connectivity index (χ2v) is 8.18. The lowest BCUT2D eigenvalue weighted by Gasteiger charge is -2.27. The van der Waals surface area contributed by atoms with Crippen LogP contribution in [-0.4, -0.2) is 56.1 Å². The van der Waals surface area contributed by atoms with Gasteiger partial charge in [-0.25, -0.2) is 0 Å². The number of phenols is 2. The molecule has 1 aliphatic rings. The number of benzene rings is 2. The fourth-order valence-corrected chi connectivity index (χ4v) is 3.96. The van der Waals surface area contributed by atoms with Gasteiger partial charge in [-0.15, -0.1) is 10.2 Å².